The van der Waals surface area contributed by atoms with Crippen LogP contribution in [0.15, 0.2) is 24.3 Å². The number of halogens is 2. The Morgan fingerprint density at radius 3 is 2.14 bits per heavy atom. The standard InChI is InChI=1S/C20H24F2O7/c1-2-27-12-28-17(23)14-8-10-15(11-9-14)18(24)29-16(20(21,22)19(25)26)13-6-4-3-5-7-13/h8-11,13,16H,2-7,12H2,1H3,(H,25,26). The summed E-state index contributed by atoms with van der Waals surface area (Å²) in [6.45, 7) is 1.90. The number of alkyl halides is 2. The molecule has 0 amide bonds. The largest absolute Gasteiger partial charge is 0.477 e. The number of hydrogen-bond donors (Lipinski definition) is 1. The average Bonchev–Trinajstić information content (AvgIpc) is 2.72. The monoisotopic (exact) mass is 414 g/mol. The Labute approximate surface area is 166 Å². The maximum atomic E-state index is 14.2. The lowest BCUT2D eigenvalue weighted by molar-refractivity contribution is -0.189. The van der Waals surface area contributed by atoms with E-state index in [0.717, 1.165) is 6.42 Å². The first-order valence-electron chi connectivity index (χ1n) is 9.44. The van der Waals surface area contributed by atoms with E-state index in [9.17, 15) is 23.2 Å². The van der Waals surface area contributed by atoms with Crippen molar-refractivity contribution in [2.75, 3.05) is 13.4 Å². The molecule has 1 unspecified atom stereocenters. The van der Waals surface area contributed by atoms with Gasteiger partial charge in [-0.1, -0.05) is 19.3 Å². The Balaban J connectivity index is 2.10. The molecule has 1 aromatic rings. The number of esters is 2. The third-order valence-electron chi connectivity index (χ3n) is 4.79. The van der Waals surface area contributed by atoms with Gasteiger partial charge in [-0.05, 0) is 44.0 Å². The van der Waals surface area contributed by atoms with Gasteiger partial charge >= 0.3 is 23.8 Å². The van der Waals surface area contributed by atoms with Gasteiger partial charge in [-0.2, -0.15) is 8.78 Å². The summed E-state index contributed by atoms with van der Waals surface area (Å²) in [7, 11) is 0. The minimum Gasteiger partial charge on any atom is -0.477 e. The summed E-state index contributed by atoms with van der Waals surface area (Å²) in [6, 6.07) is 5.04. The average molecular weight is 414 g/mol. The van der Waals surface area contributed by atoms with E-state index in [1.807, 2.05) is 0 Å². The lowest BCUT2D eigenvalue weighted by atomic mass is 9.83. The number of ether oxygens (including phenoxy) is 3. The van der Waals surface area contributed by atoms with E-state index in [1.54, 1.807) is 6.92 Å². The van der Waals surface area contributed by atoms with Gasteiger partial charge in [-0.25, -0.2) is 14.4 Å². The molecular formula is C20H24F2O7. The van der Waals surface area contributed by atoms with Crippen molar-refractivity contribution in [3.8, 4) is 0 Å². The van der Waals surface area contributed by atoms with E-state index in [2.05, 4.69) is 0 Å². The van der Waals surface area contributed by atoms with Gasteiger partial charge < -0.3 is 19.3 Å². The van der Waals surface area contributed by atoms with Gasteiger partial charge in [-0.3, -0.25) is 0 Å². The fraction of sp³-hybridized carbons (Fsp3) is 0.550. The number of carbonyl (C=O) groups excluding carboxylic acids is 2. The molecule has 9 heteroatoms. The summed E-state index contributed by atoms with van der Waals surface area (Å²) < 4.78 is 43.2. The predicted molar refractivity (Wildman–Crippen MR) is 96.7 cm³/mol. The van der Waals surface area contributed by atoms with Crippen molar-refractivity contribution in [3.63, 3.8) is 0 Å². The minimum absolute atomic E-state index is 0.0756. The highest BCUT2D eigenvalue weighted by Gasteiger charge is 2.53. The third-order valence-corrected chi connectivity index (χ3v) is 4.79. The summed E-state index contributed by atoms with van der Waals surface area (Å²) in [6.07, 6.45) is 0.900. The smallest absolute Gasteiger partial charge is 0.378 e. The van der Waals surface area contributed by atoms with Crippen LogP contribution >= 0.6 is 0 Å². The lowest BCUT2D eigenvalue weighted by Crippen LogP contribution is -2.48. The van der Waals surface area contributed by atoms with Crippen molar-refractivity contribution in [2.45, 2.75) is 51.1 Å². The van der Waals surface area contributed by atoms with E-state index in [4.69, 9.17) is 19.3 Å². The van der Waals surface area contributed by atoms with Gasteiger partial charge in [-0.15, -0.1) is 0 Å². The van der Waals surface area contributed by atoms with Crippen molar-refractivity contribution in [2.24, 2.45) is 5.92 Å². The van der Waals surface area contributed by atoms with Crippen molar-refractivity contribution < 1.29 is 42.5 Å². The molecule has 160 valence electrons. The van der Waals surface area contributed by atoms with Crippen LogP contribution in [-0.4, -0.2) is 48.4 Å². The quantitative estimate of drug-likeness (QED) is 0.374. The third kappa shape index (κ3) is 5.96. The zero-order valence-electron chi connectivity index (χ0n) is 16.1. The maximum absolute atomic E-state index is 14.2. The first-order valence-corrected chi connectivity index (χ1v) is 9.44. The van der Waals surface area contributed by atoms with Crippen LogP contribution < -0.4 is 0 Å². The number of rotatable bonds is 9. The van der Waals surface area contributed by atoms with Gasteiger partial charge in [0.2, 0.25) is 0 Å². The van der Waals surface area contributed by atoms with Crippen LogP contribution in [0.1, 0.15) is 59.7 Å². The minimum atomic E-state index is -4.19. The van der Waals surface area contributed by atoms with Crippen LogP contribution in [0.4, 0.5) is 8.78 Å². The summed E-state index contributed by atoms with van der Waals surface area (Å²) in [4.78, 5) is 35.2. The predicted octanol–water partition coefficient (Wildman–Crippen LogP) is 3.66. The highest BCUT2D eigenvalue weighted by Crippen LogP contribution is 2.36. The SMILES string of the molecule is CCOCOC(=O)c1ccc(C(=O)OC(C2CCCCC2)C(F)(F)C(=O)O)cc1. The summed E-state index contributed by atoms with van der Waals surface area (Å²) >= 11 is 0. The van der Waals surface area contributed by atoms with Gasteiger partial charge in [0.05, 0.1) is 11.1 Å². The van der Waals surface area contributed by atoms with Gasteiger partial charge in [0.25, 0.3) is 0 Å². The summed E-state index contributed by atoms with van der Waals surface area (Å²) in [5, 5.41) is 8.91. The van der Waals surface area contributed by atoms with E-state index < -0.39 is 35.9 Å². The number of aliphatic carboxylic acids is 1. The molecule has 0 heterocycles. The molecule has 0 aromatic heterocycles. The number of benzene rings is 1. The van der Waals surface area contributed by atoms with Gasteiger partial charge in [0, 0.05) is 12.5 Å². The maximum Gasteiger partial charge on any atom is 0.378 e. The fourth-order valence-corrected chi connectivity index (χ4v) is 3.21. The molecule has 2 rings (SSSR count). The molecule has 1 N–H and O–H groups in total. The molecule has 1 aliphatic rings. The number of carboxylic acids is 1. The van der Waals surface area contributed by atoms with E-state index in [1.165, 1.54) is 24.3 Å². The molecule has 0 saturated heterocycles. The van der Waals surface area contributed by atoms with Crippen LogP contribution in [0.5, 0.6) is 0 Å². The Morgan fingerprint density at radius 1 is 1.07 bits per heavy atom. The molecule has 1 saturated carbocycles. The van der Waals surface area contributed by atoms with Gasteiger partial charge in [0.1, 0.15) is 0 Å². The first kappa shape index (κ1) is 22.7. The molecule has 1 fully saturated rings. The summed E-state index contributed by atoms with van der Waals surface area (Å²) in [5.41, 5.74) is 0.0642. The molecular weight excluding hydrogens is 390 g/mol. The van der Waals surface area contributed by atoms with Crippen molar-refractivity contribution in [3.05, 3.63) is 35.4 Å². The van der Waals surface area contributed by atoms with Crippen molar-refractivity contribution >= 4 is 17.9 Å². The zero-order valence-corrected chi connectivity index (χ0v) is 16.1. The Bertz CT molecular complexity index is 712. The molecule has 7 nitrogen and oxygen atoms in total. The van der Waals surface area contributed by atoms with Crippen LogP contribution in [0, 0.1) is 5.92 Å². The molecule has 1 aliphatic carbocycles. The topological polar surface area (TPSA) is 99.1 Å². The van der Waals surface area contributed by atoms with Crippen LogP contribution in [0.2, 0.25) is 0 Å². The normalized spacial score (nSPS) is 16.1. The second-order valence-corrected chi connectivity index (χ2v) is 6.77. The molecule has 1 atom stereocenters. The molecule has 0 spiro atoms. The Morgan fingerprint density at radius 2 is 1.62 bits per heavy atom. The van der Waals surface area contributed by atoms with E-state index >= 15 is 0 Å². The van der Waals surface area contributed by atoms with Crippen molar-refractivity contribution in [1.82, 2.24) is 0 Å². The molecule has 1 aromatic carbocycles. The molecule has 29 heavy (non-hydrogen) atoms. The van der Waals surface area contributed by atoms with E-state index in [0.29, 0.717) is 32.3 Å². The lowest BCUT2D eigenvalue weighted by Gasteiger charge is -2.33. The van der Waals surface area contributed by atoms with Crippen molar-refractivity contribution in [1.29, 1.82) is 0 Å². The molecule has 0 aliphatic heterocycles. The van der Waals surface area contributed by atoms with Crippen LogP contribution in [0.3, 0.4) is 0 Å². The number of hydrogen-bond acceptors (Lipinski definition) is 6. The van der Waals surface area contributed by atoms with E-state index in [-0.39, 0.29) is 17.9 Å². The van der Waals surface area contributed by atoms with Gasteiger partial charge in [0.15, 0.2) is 12.9 Å². The van der Waals surface area contributed by atoms with Crippen LogP contribution in [-0.2, 0) is 19.0 Å². The second kappa shape index (κ2) is 10.3. The second-order valence-electron chi connectivity index (χ2n) is 6.77. The molecule has 0 radical (unpaired) electrons. The van der Waals surface area contributed by atoms with Crippen LogP contribution in [0.25, 0.3) is 0 Å². The number of carboxylic acid groups (broad SMARTS) is 1. The Kier molecular flexibility index (Phi) is 8.07. The highest BCUT2D eigenvalue weighted by molar-refractivity contribution is 5.93. The highest BCUT2D eigenvalue weighted by atomic mass is 19.3. The Hall–Kier alpha value is -2.55. The fourth-order valence-electron chi connectivity index (χ4n) is 3.21. The summed E-state index contributed by atoms with van der Waals surface area (Å²) in [5.74, 6) is -8.99. The zero-order chi connectivity index (χ0) is 21.4. The first-order chi connectivity index (χ1) is 13.8. The molecule has 0 bridgehead atoms. The number of carbonyl (C=O) groups is 3.